The van der Waals surface area contributed by atoms with Crippen LogP contribution in [0.4, 0.5) is 17.6 Å². The molecule has 1 atom stereocenters. The zero-order valence-corrected chi connectivity index (χ0v) is 16.5. The van der Waals surface area contributed by atoms with Gasteiger partial charge in [-0.15, -0.1) is 0 Å². The molecule has 1 aromatic carbocycles. The van der Waals surface area contributed by atoms with Gasteiger partial charge >= 0.3 is 6.18 Å². The molecule has 1 unspecified atom stereocenters. The van der Waals surface area contributed by atoms with Crippen molar-refractivity contribution in [2.24, 2.45) is 5.92 Å². The van der Waals surface area contributed by atoms with Crippen LogP contribution in [0.1, 0.15) is 32.3 Å². The summed E-state index contributed by atoms with van der Waals surface area (Å²) in [5.74, 6) is -1.29. The number of hydrogen-bond acceptors (Lipinski definition) is 3. The van der Waals surface area contributed by atoms with Crippen LogP contribution in [0.25, 0.3) is 0 Å². The summed E-state index contributed by atoms with van der Waals surface area (Å²) in [4.78, 5) is 27.5. The maximum absolute atomic E-state index is 13.4. The summed E-state index contributed by atoms with van der Waals surface area (Å²) >= 11 is 0. The number of rotatable bonds is 7. The quantitative estimate of drug-likeness (QED) is 0.638. The largest absolute Gasteiger partial charge is 0.389 e. The van der Waals surface area contributed by atoms with Gasteiger partial charge in [-0.2, -0.15) is 13.2 Å². The number of amides is 2. The van der Waals surface area contributed by atoms with Crippen molar-refractivity contribution in [3.8, 4) is 0 Å². The van der Waals surface area contributed by atoms with E-state index in [0.717, 1.165) is 4.90 Å². The third kappa shape index (κ3) is 8.00. The average molecular weight is 418 g/mol. The zero-order valence-electron chi connectivity index (χ0n) is 16.5. The molecule has 1 saturated heterocycles. The van der Waals surface area contributed by atoms with Crippen LogP contribution in [0, 0.1) is 11.7 Å². The van der Waals surface area contributed by atoms with Gasteiger partial charge in [-0.25, -0.2) is 4.39 Å². The van der Waals surface area contributed by atoms with Crippen LogP contribution in [0.3, 0.4) is 0 Å². The van der Waals surface area contributed by atoms with E-state index in [4.69, 9.17) is 4.74 Å². The van der Waals surface area contributed by atoms with Crippen LogP contribution in [-0.2, 0) is 20.9 Å². The van der Waals surface area contributed by atoms with E-state index in [2.05, 4.69) is 0 Å². The van der Waals surface area contributed by atoms with Crippen LogP contribution in [0.5, 0.6) is 0 Å². The molecule has 2 amide bonds. The second kappa shape index (κ2) is 10.0. The topological polar surface area (TPSA) is 49.9 Å². The second-order valence-electron chi connectivity index (χ2n) is 7.64. The summed E-state index contributed by atoms with van der Waals surface area (Å²) in [6.45, 7) is 4.34. The van der Waals surface area contributed by atoms with E-state index in [0.29, 0.717) is 12.1 Å². The standard InChI is InChI=1S/C20H26F4N2O3/c1-14(2)9-25-10-17(29-13-15-4-3-5-16(21)8-15)11-26(12-19(25)28)18(27)6-7-20(22,23)24/h3-5,8,14,17H,6-7,9-13H2,1-2H3. The second-order valence-corrected chi connectivity index (χ2v) is 7.64. The first-order valence-electron chi connectivity index (χ1n) is 9.52. The molecule has 0 aromatic heterocycles. The van der Waals surface area contributed by atoms with E-state index in [1.54, 1.807) is 17.0 Å². The smallest absolute Gasteiger partial charge is 0.370 e. The monoisotopic (exact) mass is 418 g/mol. The van der Waals surface area contributed by atoms with Gasteiger partial charge in [0.05, 0.1) is 25.7 Å². The Morgan fingerprint density at radius 3 is 2.62 bits per heavy atom. The summed E-state index contributed by atoms with van der Waals surface area (Å²) in [7, 11) is 0. The Balaban J connectivity index is 2.09. The van der Waals surface area contributed by atoms with Crippen molar-refractivity contribution in [1.82, 2.24) is 9.80 Å². The lowest BCUT2D eigenvalue weighted by molar-refractivity contribution is -0.150. The molecule has 0 N–H and O–H groups in total. The third-order valence-corrected chi connectivity index (χ3v) is 4.46. The molecule has 1 aliphatic heterocycles. The Bertz CT molecular complexity index is 709. The molecule has 0 aliphatic carbocycles. The normalized spacial score (nSPS) is 18.3. The number of ether oxygens (including phenoxy) is 1. The number of carbonyl (C=O) groups is 2. The molecular formula is C20H26F4N2O3. The molecule has 1 aliphatic rings. The minimum absolute atomic E-state index is 0.00629. The molecule has 0 saturated carbocycles. The predicted octanol–water partition coefficient (Wildman–Crippen LogP) is 3.38. The highest BCUT2D eigenvalue weighted by Crippen LogP contribution is 2.22. The van der Waals surface area contributed by atoms with Gasteiger partial charge in [0, 0.05) is 26.1 Å². The maximum Gasteiger partial charge on any atom is 0.389 e. The first kappa shape index (κ1) is 23.1. The van der Waals surface area contributed by atoms with E-state index in [1.165, 1.54) is 12.1 Å². The third-order valence-electron chi connectivity index (χ3n) is 4.46. The minimum Gasteiger partial charge on any atom is -0.370 e. The van der Waals surface area contributed by atoms with Gasteiger partial charge in [0.2, 0.25) is 11.8 Å². The van der Waals surface area contributed by atoms with Crippen LogP contribution in [0.15, 0.2) is 24.3 Å². The van der Waals surface area contributed by atoms with Crippen molar-refractivity contribution in [3.05, 3.63) is 35.6 Å². The number of benzene rings is 1. The highest BCUT2D eigenvalue weighted by atomic mass is 19.4. The summed E-state index contributed by atoms with van der Waals surface area (Å²) in [6, 6.07) is 5.85. The average Bonchev–Trinajstić information content (AvgIpc) is 2.76. The van der Waals surface area contributed by atoms with Gasteiger partial charge in [0.1, 0.15) is 5.82 Å². The SMILES string of the molecule is CC(C)CN1CC(OCc2cccc(F)c2)CN(C(=O)CCC(F)(F)F)CC1=O. The summed E-state index contributed by atoms with van der Waals surface area (Å²) in [6.07, 6.45) is -6.97. The highest BCUT2D eigenvalue weighted by Gasteiger charge is 2.33. The van der Waals surface area contributed by atoms with Gasteiger partial charge in [-0.3, -0.25) is 9.59 Å². The Morgan fingerprint density at radius 2 is 2.00 bits per heavy atom. The predicted molar refractivity (Wildman–Crippen MR) is 98.3 cm³/mol. The lowest BCUT2D eigenvalue weighted by Crippen LogP contribution is -2.40. The Kier molecular flexibility index (Phi) is 8.01. The van der Waals surface area contributed by atoms with Crippen LogP contribution in [-0.4, -0.2) is 60.1 Å². The Labute approximate surface area is 167 Å². The number of alkyl halides is 3. The van der Waals surface area contributed by atoms with Crippen molar-refractivity contribution >= 4 is 11.8 Å². The van der Waals surface area contributed by atoms with Gasteiger partial charge < -0.3 is 14.5 Å². The minimum atomic E-state index is -4.44. The molecule has 5 nitrogen and oxygen atoms in total. The van der Waals surface area contributed by atoms with Crippen molar-refractivity contribution in [2.75, 3.05) is 26.2 Å². The van der Waals surface area contributed by atoms with E-state index in [9.17, 15) is 27.2 Å². The molecule has 0 spiro atoms. The number of carbonyl (C=O) groups excluding carboxylic acids is 2. The number of hydrogen-bond donors (Lipinski definition) is 0. The fourth-order valence-corrected chi connectivity index (χ4v) is 3.14. The maximum atomic E-state index is 13.4. The van der Waals surface area contributed by atoms with E-state index in [-0.39, 0.29) is 38.1 Å². The molecule has 1 aromatic rings. The molecule has 2 rings (SSSR count). The van der Waals surface area contributed by atoms with Gasteiger partial charge in [0.25, 0.3) is 0 Å². The molecule has 29 heavy (non-hydrogen) atoms. The molecule has 1 fully saturated rings. The van der Waals surface area contributed by atoms with Crippen LogP contribution in [0.2, 0.25) is 0 Å². The van der Waals surface area contributed by atoms with E-state index >= 15 is 0 Å². The van der Waals surface area contributed by atoms with Crippen molar-refractivity contribution in [2.45, 2.75) is 45.6 Å². The number of nitrogens with zero attached hydrogens (tertiary/aromatic N) is 2. The van der Waals surface area contributed by atoms with Crippen LogP contribution < -0.4 is 0 Å². The van der Waals surface area contributed by atoms with Gasteiger partial charge in [0.15, 0.2) is 0 Å². The summed E-state index contributed by atoms with van der Waals surface area (Å²) in [5.41, 5.74) is 0.589. The summed E-state index contributed by atoms with van der Waals surface area (Å²) in [5, 5.41) is 0. The fourth-order valence-electron chi connectivity index (χ4n) is 3.14. The van der Waals surface area contributed by atoms with E-state index < -0.39 is 36.8 Å². The molecule has 162 valence electrons. The lowest BCUT2D eigenvalue weighted by atomic mass is 10.2. The fraction of sp³-hybridized carbons (Fsp3) is 0.600. The van der Waals surface area contributed by atoms with Gasteiger partial charge in [-0.05, 0) is 23.6 Å². The van der Waals surface area contributed by atoms with Crippen molar-refractivity contribution in [3.63, 3.8) is 0 Å². The first-order chi connectivity index (χ1) is 13.5. The highest BCUT2D eigenvalue weighted by molar-refractivity contribution is 5.85. The molecule has 1 heterocycles. The van der Waals surface area contributed by atoms with Gasteiger partial charge in [-0.1, -0.05) is 26.0 Å². The molecule has 0 radical (unpaired) electrons. The molecule has 9 heteroatoms. The molecular weight excluding hydrogens is 392 g/mol. The lowest BCUT2D eigenvalue weighted by Gasteiger charge is -2.26. The van der Waals surface area contributed by atoms with Crippen molar-refractivity contribution < 1.29 is 31.9 Å². The Morgan fingerprint density at radius 1 is 1.28 bits per heavy atom. The summed E-state index contributed by atoms with van der Waals surface area (Å²) < 4.78 is 56.5. The van der Waals surface area contributed by atoms with E-state index in [1.807, 2.05) is 13.8 Å². The number of halogens is 4. The van der Waals surface area contributed by atoms with Crippen LogP contribution >= 0.6 is 0 Å². The zero-order chi connectivity index (χ0) is 21.6. The Hall–Kier alpha value is -2.16. The first-order valence-corrected chi connectivity index (χ1v) is 9.52. The van der Waals surface area contributed by atoms with Crippen molar-refractivity contribution in [1.29, 1.82) is 0 Å². The molecule has 0 bridgehead atoms.